The molecule has 0 spiro atoms. The quantitative estimate of drug-likeness (QED) is 0.155. The highest BCUT2D eigenvalue weighted by Crippen LogP contribution is 2.39. The van der Waals surface area contributed by atoms with Crippen molar-refractivity contribution in [3.8, 4) is 16.9 Å². The van der Waals surface area contributed by atoms with Crippen LogP contribution in [0.1, 0.15) is 52.6 Å². The van der Waals surface area contributed by atoms with Crippen molar-refractivity contribution in [2.75, 3.05) is 18.6 Å². The molecule has 8 heteroatoms. The highest BCUT2D eigenvalue weighted by molar-refractivity contribution is 6.40. The van der Waals surface area contributed by atoms with E-state index >= 15 is 0 Å². The molecule has 0 saturated carbocycles. The second kappa shape index (κ2) is 9.53. The average molecular weight is 538 g/mol. The van der Waals surface area contributed by atoms with Gasteiger partial charge in [-0.1, -0.05) is 60.1 Å². The molecule has 1 aliphatic heterocycles. The maximum atomic E-state index is 12.9. The first-order chi connectivity index (χ1) is 18.9. The zero-order valence-electron chi connectivity index (χ0n) is 20.7. The van der Waals surface area contributed by atoms with Gasteiger partial charge < -0.3 is 9.47 Å². The predicted molar refractivity (Wildman–Crippen MR) is 145 cm³/mol. The van der Waals surface area contributed by atoms with Crippen LogP contribution in [0.25, 0.3) is 11.1 Å². The molecule has 192 valence electrons. The molecule has 2 aliphatic rings. The van der Waals surface area contributed by atoms with Crippen molar-refractivity contribution in [2.24, 2.45) is 0 Å². The summed E-state index contributed by atoms with van der Waals surface area (Å²) in [6.07, 6.45) is 0.812. The Bertz CT molecular complexity index is 1690. The summed E-state index contributed by atoms with van der Waals surface area (Å²) in [5.74, 6) is -2.21. The first-order valence-corrected chi connectivity index (χ1v) is 12.5. The Morgan fingerprint density at radius 3 is 2.15 bits per heavy atom. The number of hydrogen-bond acceptors (Lipinski definition) is 6. The maximum absolute atomic E-state index is 12.9. The van der Waals surface area contributed by atoms with Crippen LogP contribution in [-0.4, -0.2) is 37.3 Å². The lowest BCUT2D eigenvalue weighted by atomic mass is 10.0. The van der Waals surface area contributed by atoms with E-state index in [0.29, 0.717) is 5.56 Å². The first kappa shape index (κ1) is 24.6. The molecule has 1 heterocycles. The number of benzene rings is 4. The summed E-state index contributed by atoms with van der Waals surface area (Å²) in [5.41, 5.74) is 5.42. The van der Waals surface area contributed by atoms with Crippen LogP contribution in [0.2, 0.25) is 5.02 Å². The monoisotopic (exact) mass is 537 g/mol. The minimum atomic E-state index is -0.831. The van der Waals surface area contributed by atoms with Crippen LogP contribution in [0.4, 0.5) is 5.69 Å². The Hall–Kier alpha value is -4.75. The summed E-state index contributed by atoms with van der Waals surface area (Å²) in [5, 5.41) is -0.0270. The third kappa shape index (κ3) is 4.08. The molecule has 0 atom stereocenters. The molecule has 39 heavy (non-hydrogen) atoms. The van der Waals surface area contributed by atoms with Gasteiger partial charge in [-0.05, 0) is 52.9 Å². The number of methoxy groups -OCH3 is 1. The molecule has 0 unspecified atom stereocenters. The van der Waals surface area contributed by atoms with Gasteiger partial charge >= 0.3 is 5.97 Å². The zero-order valence-corrected chi connectivity index (χ0v) is 21.5. The number of rotatable bonds is 6. The number of fused-ring (bicyclic) bond motifs is 4. The van der Waals surface area contributed by atoms with Gasteiger partial charge in [0.05, 0.1) is 28.9 Å². The van der Waals surface area contributed by atoms with E-state index in [1.807, 2.05) is 30.3 Å². The van der Waals surface area contributed by atoms with Gasteiger partial charge in [-0.2, -0.15) is 0 Å². The van der Waals surface area contributed by atoms with Crippen LogP contribution in [-0.2, 0) is 11.2 Å². The molecular weight excluding hydrogens is 518 g/mol. The van der Waals surface area contributed by atoms with Gasteiger partial charge in [0.1, 0.15) is 11.3 Å². The number of nitrogens with zero attached hydrogens (tertiary/aromatic N) is 1. The van der Waals surface area contributed by atoms with Gasteiger partial charge in [-0.3, -0.25) is 14.4 Å². The SMILES string of the molecule is COc1cc(N2C(=O)c3ccccc3C2=O)c(Cl)cc1C(=O)OCC(=O)c1ccc2c(c1)-c1ccccc1C2. The average Bonchev–Trinajstić information content (AvgIpc) is 3.45. The van der Waals surface area contributed by atoms with E-state index < -0.39 is 24.4 Å². The van der Waals surface area contributed by atoms with Crippen molar-refractivity contribution in [1.29, 1.82) is 0 Å². The molecule has 0 saturated heterocycles. The molecule has 0 aromatic heterocycles. The molecule has 4 aromatic carbocycles. The van der Waals surface area contributed by atoms with Gasteiger partial charge in [0.25, 0.3) is 11.8 Å². The number of ether oxygens (including phenoxy) is 2. The number of amides is 2. The van der Waals surface area contributed by atoms with Crippen molar-refractivity contribution >= 4 is 40.9 Å². The fraction of sp³-hybridized carbons (Fsp3) is 0.0968. The Morgan fingerprint density at radius 1 is 0.821 bits per heavy atom. The Balaban J connectivity index is 1.21. The number of anilines is 1. The van der Waals surface area contributed by atoms with E-state index in [1.54, 1.807) is 30.3 Å². The van der Waals surface area contributed by atoms with Gasteiger partial charge in [-0.15, -0.1) is 0 Å². The van der Waals surface area contributed by atoms with E-state index in [1.165, 1.54) is 24.8 Å². The van der Waals surface area contributed by atoms with Crippen molar-refractivity contribution in [3.63, 3.8) is 0 Å². The van der Waals surface area contributed by atoms with Crippen molar-refractivity contribution < 1.29 is 28.7 Å². The molecular formula is C31H20ClNO6. The predicted octanol–water partition coefficient (Wildman–Crippen LogP) is 5.76. The zero-order chi connectivity index (χ0) is 27.3. The molecule has 7 nitrogen and oxygen atoms in total. The molecule has 4 aromatic rings. The summed E-state index contributed by atoms with van der Waals surface area (Å²) in [6, 6.07) is 22.6. The second-order valence-corrected chi connectivity index (χ2v) is 9.61. The van der Waals surface area contributed by atoms with Gasteiger partial charge in [0, 0.05) is 11.6 Å². The Morgan fingerprint density at radius 2 is 1.46 bits per heavy atom. The molecule has 0 N–H and O–H groups in total. The highest BCUT2D eigenvalue weighted by atomic mass is 35.5. The van der Waals surface area contributed by atoms with Gasteiger partial charge in [0.2, 0.25) is 0 Å². The van der Waals surface area contributed by atoms with Crippen molar-refractivity contribution in [1.82, 2.24) is 0 Å². The van der Waals surface area contributed by atoms with Gasteiger partial charge in [-0.25, -0.2) is 9.69 Å². The van der Waals surface area contributed by atoms with Crippen LogP contribution in [0.5, 0.6) is 5.75 Å². The summed E-state index contributed by atoms with van der Waals surface area (Å²) in [4.78, 5) is 52.6. The number of esters is 1. The number of halogens is 1. The fourth-order valence-corrected chi connectivity index (χ4v) is 5.29. The lowest BCUT2D eigenvalue weighted by molar-refractivity contribution is 0.0471. The van der Waals surface area contributed by atoms with Crippen LogP contribution in [0.3, 0.4) is 0 Å². The number of Topliss-reactive ketones (excluding diaryl/α,β-unsaturated/α-hetero) is 1. The number of carbonyl (C=O) groups is 4. The van der Waals surface area contributed by atoms with E-state index in [-0.39, 0.29) is 38.9 Å². The Kier molecular flexibility index (Phi) is 6.00. The number of imide groups is 1. The van der Waals surface area contributed by atoms with Crippen LogP contribution < -0.4 is 9.64 Å². The molecule has 0 radical (unpaired) electrons. The third-order valence-corrected chi connectivity index (χ3v) is 7.28. The summed E-state index contributed by atoms with van der Waals surface area (Å²) in [6.45, 7) is -0.486. The third-order valence-electron chi connectivity index (χ3n) is 6.98. The van der Waals surface area contributed by atoms with E-state index in [2.05, 4.69) is 6.07 Å². The first-order valence-electron chi connectivity index (χ1n) is 12.1. The molecule has 1 aliphatic carbocycles. The molecule has 0 bridgehead atoms. The molecule has 6 rings (SSSR count). The molecule has 0 fully saturated rings. The topological polar surface area (TPSA) is 90.0 Å². The number of ketones is 1. The standard InChI is InChI=1S/C31H20ClNO6/c1-38-28-15-26(33-29(35)21-8-4-5-9-22(21)30(33)36)25(32)14-24(28)31(37)39-16-27(34)19-11-10-18-12-17-6-2-3-7-20(17)23(18)13-19/h2-11,13-15H,12,16H2,1H3. The van der Waals surface area contributed by atoms with Crippen molar-refractivity contribution in [3.05, 3.63) is 117 Å². The smallest absolute Gasteiger partial charge is 0.342 e. The summed E-state index contributed by atoms with van der Waals surface area (Å²) < 4.78 is 10.7. The second-order valence-electron chi connectivity index (χ2n) is 9.20. The minimum Gasteiger partial charge on any atom is -0.496 e. The number of carbonyl (C=O) groups excluding carboxylic acids is 4. The lowest BCUT2D eigenvalue weighted by Gasteiger charge is -2.18. The Labute approximate surface area is 228 Å². The summed E-state index contributed by atoms with van der Waals surface area (Å²) >= 11 is 6.43. The van der Waals surface area contributed by atoms with Crippen molar-refractivity contribution in [2.45, 2.75) is 6.42 Å². The molecule has 2 amide bonds. The van der Waals surface area contributed by atoms with Crippen LogP contribution in [0, 0.1) is 0 Å². The fourth-order valence-electron chi connectivity index (χ4n) is 5.04. The lowest BCUT2D eigenvalue weighted by Crippen LogP contribution is -2.29. The van der Waals surface area contributed by atoms with E-state index in [9.17, 15) is 19.2 Å². The van der Waals surface area contributed by atoms with E-state index in [4.69, 9.17) is 21.1 Å². The van der Waals surface area contributed by atoms with E-state index in [0.717, 1.165) is 28.0 Å². The highest BCUT2D eigenvalue weighted by Gasteiger charge is 2.38. The normalized spacial score (nSPS) is 13.1. The minimum absolute atomic E-state index is 0.0270. The van der Waals surface area contributed by atoms with Crippen LogP contribution in [0.15, 0.2) is 78.9 Å². The van der Waals surface area contributed by atoms with Crippen LogP contribution >= 0.6 is 11.6 Å². The number of hydrogen-bond donors (Lipinski definition) is 0. The maximum Gasteiger partial charge on any atom is 0.342 e. The summed E-state index contributed by atoms with van der Waals surface area (Å²) in [7, 11) is 1.33. The van der Waals surface area contributed by atoms with Gasteiger partial charge in [0.15, 0.2) is 12.4 Å². The largest absolute Gasteiger partial charge is 0.496 e.